The maximum Gasteiger partial charge on any atom is 0.227 e. The van der Waals surface area contributed by atoms with Crippen molar-refractivity contribution in [3.63, 3.8) is 0 Å². The second-order valence-corrected chi connectivity index (χ2v) is 5.81. The van der Waals surface area contributed by atoms with Crippen molar-refractivity contribution < 1.29 is 4.79 Å². The van der Waals surface area contributed by atoms with Gasteiger partial charge in [-0.2, -0.15) is 0 Å². The van der Waals surface area contributed by atoms with Gasteiger partial charge in [0.1, 0.15) is 0 Å². The van der Waals surface area contributed by atoms with E-state index in [1.165, 1.54) is 11.1 Å². The summed E-state index contributed by atoms with van der Waals surface area (Å²) < 4.78 is 0. The highest BCUT2D eigenvalue weighted by Gasteiger charge is 2.28. The van der Waals surface area contributed by atoms with E-state index in [1.807, 2.05) is 25.7 Å². The Hall–Kier alpha value is -1.31. The lowest BCUT2D eigenvalue weighted by Crippen LogP contribution is -2.40. The molecule has 1 aliphatic rings. The Morgan fingerprint density at radius 3 is 1.94 bits per heavy atom. The lowest BCUT2D eigenvalue weighted by molar-refractivity contribution is -0.139. The fourth-order valence-corrected chi connectivity index (χ4v) is 2.35. The molecule has 0 N–H and O–H groups in total. The van der Waals surface area contributed by atoms with E-state index >= 15 is 0 Å². The zero-order valence-electron chi connectivity index (χ0n) is 11.0. The van der Waals surface area contributed by atoms with Gasteiger partial charge in [0.15, 0.2) is 0 Å². The Balaban J connectivity index is 2.12. The number of fused-ring (bicyclic) bond motifs is 1. The Bertz CT molecular complexity index is 390. The quantitative estimate of drug-likeness (QED) is 0.672. The summed E-state index contributed by atoms with van der Waals surface area (Å²) in [6.45, 7) is 7.69. The Morgan fingerprint density at radius 2 is 1.53 bits per heavy atom. The molecule has 2 rings (SSSR count). The van der Waals surface area contributed by atoms with Crippen molar-refractivity contribution in [3.8, 4) is 0 Å². The van der Waals surface area contributed by atoms with Crippen molar-refractivity contribution in [1.82, 2.24) is 4.90 Å². The van der Waals surface area contributed by atoms with E-state index in [1.54, 1.807) is 0 Å². The van der Waals surface area contributed by atoms with Crippen molar-refractivity contribution in [1.29, 1.82) is 0 Å². The normalized spacial score (nSPS) is 16.3. The first-order chi connectivity index (χ1) is 7.98. The molecular weight excluding hydrogens is 210 g/mol. The van der Waals surface area contributed by atoms with Crippen LogP contribution in [-0.2, 0) is 17.6 Å². The van der Waals surface area contributed by atoms with E-state index in [0.29, 0.717) is 0 Å². The second kappa shape index (κ2) is 4.52. The summed E-state index contributed by atoms with van der Waals surface area (Å²) in [7, 11) is 0. The minimum atomic E-state index is -0.267. The highest BCUT2D eigenvalue weighted by atomic mass is 16.2. The van der Waals surface area contributed by atoms with Gasteiger partial charge in [0.2, 0.25) is 5.91 Å². The fraction of sp³-hybridized carbons (Fsp3) is 0.533. The third-order valence-corrected chi connectivity index (χ3v) is 3.35. The van der Waals surface area contributed by atoms with E-state index in [9.17, 15) is 4.79 Å². The van der Waals surface area contributed by atoms with Gasteiger partial charge in [-0.05, 0) is 24.0 Å². The molecule has 0 aromatic heterocycles. The van der Waals surface area contributed by atoms with E-state index in [0.717, 1.165) is 25.9 Å². The van der Waals surface area contributed by atoms with Crippen LogP contribution in [0.4, 0.5) is 0 Å². The molecule has 1 heterocycles. The molecule has 0 saturated heterocycles. The predicted molar refractivity (Wildman–Crippen MR) is 69.9 cm³/mol. The molecule has 0 atom stereocenters. The average molecular weight is 231 g/mol. The van der Waals surface area contributed by atoms with Crippen LogP contribution < -0.4 is 0 Å². The van der Waals surface area contributed by atoms with Crippen molar-refractivity contribution >= 4 is 5.91 Å². The first-order valence-corrected chi connectivity index (χ1v) is 6.34. The summed E-state index contributed by atoms with van der Waals surface area (Å²) in [6.07, 6.45) is 1.97. The van der Waals surface area contributed by atoms with Crippen LogP contribution in [-0.4, -0.2) is 23.9 Å². The zero-order valence-corrected chi connectivity index (χ0v) is 11.0. The molecule has 0 saturated carbocycles. The van der Waals surface area contributed by atoms with Crippen molar-refractivity contribution in [2.45, 2.75) is 33.6 Å². The van der Waals surface area contributed by atoms with E-state index in [4.69, 9.17) is 0 Å². The van der Waals surface area contributed by atoms with Crippen LogP contribution in [0, 0.1) is 5.41 Å². The molecule has 1 aromatic carbocycles. The highest BCUT2D eigenvalue weighted by molar-refractivity contribution is 5.81. The Labute approximate surface area is 104 Å². The minimum Gasteiger partial charge on any atom is -0.342 e. The molecule has 2 heteroatoms. The first kappa shape index (κ1) is 12.2. The Kier molecular flexibility index (Phi) is 3.23. The molecule has 1 amide bonds. The van der Waals surface area contributed by atoms with E-state index < -0.39 is 0 Å². The number of carbonyl (C=O) groups excluding carboxylic acids is 1. The topological polar surface area (TPSA) is 20.3 Å². The van der Waals surface area contributed by atoms with Crippen LogP contribution in [0.2, 0.25) is 0 Å². The third kappa shape index (κ3) is 2.68. The van der Waals surface area contributed by atoms with Crippen molar-refractivity contribution in [2.24, 2.45) is 5.41 Å². The molecule has 1 aromatic rings. The van der Waals surface area contributed by atoms with Crippen molar-refractivity contribution in [3.05, 3.63) is 35.4 Å². The van der Waals surface area contributed by atoms with Gasteiger partial charge in [0, 0.05) is 18.5 Å². The van der Waals surface area contributed by atoms with Gasteiger partial charge in [-0.1, -0.05) is 45.0 Å². The van der Waals surface area contributed by atoms with Gasteiger partial charge < -0.3 is 4.90 Å². The molecule has 2 nitrogen and oxygen atoms in total. The van der Waals surface area contributed by atoms with Crippen LogP contribution in [0.25, 0.3) is 0 Å². The van der Waals surface area contributed by atoms with Crippen LogP contribution in [0.5, 0.6) is 0 Å². The highest BCUT2D eigenvalue weighted by Crippen LogP contribution is 2.21. The van der Waals surface area contributed by atoms with Crippen LogP contribution in [0.15, 0.2) is 24.3 Å². The van der Waals surface area contributed by atoms with Crippen molar-refractivity contribution in [2.75, 3.05) is 13.1 Å². The van der Waals surface area contributed by atoms with Gasteiger partial charge in [0.05, 0.1) is 0 Å². The van der Waals surface area contributed by atoms with E-state index in [-0.39, 0.29) is 11.3 Å². The number of carbonyl (C=O) groups is 1. The summed E-state index contributed by atoms with van der Waals surface area (Å²) in [5.41, 5.74) is 2.53. The van der Waals surface area contributed by atoms with Crippen LogP contribution in [0.1, 0.15) is 31.9 Å². The fourth-order valence-electron chi connectivity index (χ4n) is 2.35. The zero-order chi connectivity index (χ0) is 12.5. The second-order valence-electron chi connectivity index (χ2n) is 5.81. The molecule has 1 aliphatic heterocycles. The number of hydrogen-bond acceptors (Lipinski definition) is 1. The van der Waals surface area contributed by atoms with Gasteiger partial charge >= 0.3 is 0 Å². The molecule has 0 radical (unpaired) electrons. The maximum absolute atomic E-state index is 12.2. The summed E-state index contributed by atoms with van der Waals surface area (Å²) in [6, 6.07) is 8.53. The lowest BCUT2D eigenvalue weighted by atomic mass is 9.94. The van der Waals surface area contributed by atoms with Crippen LogP contribution >= 0.6 is 0 Å². The summed E-state index contributed by atoms with van der Waals surface area (Å²) in [4.78, 5) is 14.3. The van der Waals surface area contributed by atoms with Gasteiger partial charge in [-0.3, -0.25) is 4.79 Å². The first-order valence-electron chi connectivity index (χ1n) is 6.34. The summed E-state index contributed by atoms with van der Waals surface area (Å²) in [5, 5.41) is 0. The average Bonchev–Trinajstić information content (AvgIpc) is 2.49. The lowest BCUT2D eigenvalue weighted by Gasteiger charge is -2.28. The summed E-state index contributed by atoms with van der Waals surface area (Å²) in [5.74, 6) is 0.269. The monoisotopic (exact) mass is 231 g/mol. The van der Waals surface area contributed by atoms with Gasteiger partial charge in [0.25, 0.3) is 0 Å². The molecule has 92 valence electrons. The molecule has 0 spiro atoms. The largest absolute Gasteiger partial charge is 0.342 e. The molecule has 0 fully saturated rings. The number of benzene rings is 1. The predicted octanol–water partition coefficient (Wildman–Crippen LogP) is 2.66. The van der Waals surface area contributed by atoms with Gasteiger partial charge in [-0.15, -0.1) is 0 Å². The third-order valence-electron chi connectivity index (χ3n) is 3.35. The molecule has 0 unspecified atom stereocenters. The molecular formula is C15H21NO. The molecule has 0 bridgehead atoms. The number of hydrogen-bond donors (Lipinski definition) is 0. The summed E-state index contributed by atoms with van der Waals surface area (Å²) >= 11 is 0. The van der Waals surface area contributed by atoms with Crippen LogP contribution in [0.3, 0.4) is 0 Å². The Morgan fingerprint density at radius 1 is 1.06 bits per heavy atom. The smallest absolute Gasteiger partial charge is 0.227 e. The molecule has 0 aliphatic carbocycles. The maximum atomic E-state index is 12.2. The van der Waals surface area contributed by atoms with Gasteiger partial charge in [-0.25, -0.2) is 0 Å². The molecule has 17 heavy (non-hydrogen) atoms. The standard InChI is InChI=1S/C15H21NO/c1-15(2,3)14(17)16-10-8-12-6-4-5-7-13(12)9-11-16/h4-7H,8-11H2,1-3H3. The van der Waals surface area contributed by atoms with E-state index in [2.05, 4.69) is 24.3 Å². The SMILES string of the molecule is CC(C)(C)C(=O)N1CCc2ccccc2CC1. The number of nitrogens with zero attached hydrogens (tertiary/aromatic N) is 1. The number of amides is 1. The number of rotatable bonds is 0. The minimum absolute atomic E-state index is 0.267.